The minimum Gasteiger partial charge on any atom is -0.464 e. The lowest BCUT2D eigenvalue weighted by atomic mass is 10.1. The predicted octanol–water partition coefficient (Wildman–Crippen LogP) is 2.88. The highest BCUT2D eigenvalue weighted by atomic mass is 19.1. The lowest BCUT2D eigenvalue weighted by molar-refractivity contribution is -0.153. The van der Waals surface area contributed by atoms with E-state index < -0.39 is 11.6 Å². The van der Waals surface area contributed by atoms with Crippen LogP contribution in [0.2, 0.25) is 0 Å². The summed E-state index contributed by atoms with van der Waals surface area (Å²) in [5.74, 6) is -1.10. The first-order valence-electron chi connectivity index (χ1n) is 7.18. The first-order chi connectivity index (χ1) is 9.66. The standard InChI is InChI=1S/C16H19FO3/c1-2-19-15(18)16(17)13-8-12(9-14(13)16)20-10-11-6-4-3-5-7-11/h3-7,12-14H,2,8-10H2,1H3. The maximum absolute atomic E-state index is 14.4. The van der Waals surface area contributed by atoms with Gasteiger partial charge in [-0.05, 0) is 25.3 Å². The lowest BCUT2D eigenvalue weighted by Gasteiger charge is -2.17. The molecule has 0 bridgehead atoms. The van der Waals surface area contributed by atoms with Gasteiger partial charge in [0.2, 0.25) is 5.67 Å². The van der Waals surface area contributed by atoms with Gasteiger partial charge in [-0.2, -0.15) is 0 Å². The molecule has 3 nitrogen and oxygen atoms in total. The second-order valence-corrected chi connectivity index (χ2v) is 5.59. The summed E-state index contributed by atoms with van der Waals surface area (Å²) < 4.78 is 25.0. The van der Waals surface area contributed by atoms with Crippen molar-refractivity contribution in [3.05, 3.63) is 35.9 Å². The molecule has 0 aromatic heterocycles. The summed E-state index contributed by atoms with van der Waals surface area (Å²) in [6.07, 6.45) is 1.29. The molecule has 1 aromatic carbocycles. The molecule has 0 amide bonds. The number of benzene rings is 1. The first-order valence-corrected chi connectivity index (χ1v) is 7.18. The van der Waals surface area contributed by atoms with Crippen molar-refractivity contribution in [3.8, 4) is 0 Å². The molecule has 0 N–H and O–H groups in total. The summed E-state index contributed by atoms with van der Waals surface area (Å²) in [6.45, 7) is 2.48. The van der Waals surface area contributed by atoms with E-state index >= 15 is 0 Å². The third kappa shape index (κ3) is 2.22. The number of hydrogen-bond acceptors (Lipinski definition) is 3. The van der Waals surface area contributed by atoms with Gasteiger partial charge in [0, 0.05) is 11.8 Å². The average molecular weight is 278 g/mol. The van der Waals surface area contributed by atoms with Crippen LogP contribution in [0.25, 0.3) is 0 Å². The predicted molar refractivity (Wildman–Crippen MR) is 71.7 cm³/mol. The van der Waals surface area contributed by atoms with Crippen molar-refractivity contribution in [2.75, 3.05) is 6.61 Å². The van der Waals surface area contributed by atoms with Gasteiger partial charge in [0.15, 0.2) is 0 Å². The summed E-state index contributed by atoms with van der Waals surface area (Å²) in [5, 5.41) is 0. The Kier molecular flexibility index (Phi) is 3.50. The molecule has 20 heavy (non-hydrogen) atoms. The van der Waals surface area contributed by atoms with E-state index in [0.717, 1.165) is 5.56 Å². The molecule has 108 valence electrons. The van der Waals surface area contributed by atoms with E-state index in [1.165, 1.54) is 0 Å². The van der Waals surface area contributed by atoms with Crippen LogP contribution in [-0.4, -0.2) is 24.3 Å². The Labute approximate surface area is 118 Å². The Morgan fingerprint density at radius 3 is 2.55 bits per heavy atom. The number of hydrogen-bond donors (Lipinski definition) is 0. The minimum atomic E-state index is -1.73. The highest BCUT2D eigenvalue weighted by Gasteiger charge is 2.75. The van der Waals surface area contributed by atoms with Crippen molar-refractivity contribution in [1.29, 1.82) is 0 Å². The maximum atomic E-state index is 14.4. The van der Waals surface area contributed by atoms with Crippen molar-refractivity contribution in [2.45, 2.75) is 38.1 Å². The van der Waals surface area contributed by atoms with Gasteiger partial charge in [0.05, 0.1) is 19.3 Å². The fourth-order valence-corrected chi connectivity index (χ4v) is 3.30. The SMILES string of the molecule is CCOC(=O)C1(F)C2CC(OCc3ccccc3)CC21. The van der Waals surface area contributed by atoms with Gasteiger partial charge in [-0.15, -0.1) is 0 Å². The molecule has 0 radical (unpaired) electrons. The molecule has 0 saturated heterocycles. The zero-order valence-electron chi connectivity index (χ0n) is 11.5. The molecule has 2 unspecified atom stereocenters. The summed E-state index contributed by atoms with van der Waals surface area (Å²) in [7, 11) is 0. The van der Waals surface area contributed by atoms with Crippen molar-refractivity contribution in [2.24, 2.45) is 11.8 Å². The van der Waals surface area contributed by atoms with Gasteiger partial charge in [-0.1, -0.05) is 30.3 Å². The van der Waals surface area contributed by atoms with Crippen LogP contribution >= 0.6 is 0 Å². The number of carbonyl (C=O) groups excluding carboxylic acids is 1. The molecule has 2 atom stereocenters. The van der Waals surface area contributed by atoms with Gasteiger partial charge in [-0.25, -0.2) is 9.18 Å². The van der Waals surface area contributed by atoms with Crippen LogP contribution < -0.4 is 0 Å². The topological polar surface area (TPSA) is 35.5 Å². The first kappa shape index (κ1) is 13.6. The molecule has 0 spiro atoms. The number of halogens is 1. The highest BCUT2D eigenvalue weighted by molar-refractivity contribution is 5.84. The van der Waals surface area contributed by atoms with Gasteiger partial charge >= 0.3 is 5.97 Å². The Hall–Kier alpha value is -1.42. The molecule has 4 heteroatoms. The van der Waals surface area contributed by atoms with E-state index in [4.69, 9.17) is 9.47 Å². The van der Waals surface area contributed by atoms with Crippen LogP contribution in [0.1, 0.15) is 25.3 Å². The molecule has 2 fully saturated rings. The second-order valence-electron chi connectivity index (χ2n) is 5.59. The van der Waals surface area contributed by atoms with Crippen molar-refractivity contribution >= 4 is 5.97 Å². The van der Waals surface area contributed by atoms with E-state index in [1.54, 1.807) is 6.92 Å². The lowest BCUT2D eigenvalue weighted by Crippen LogP contribution is -2.29. The monoisotopic (exact) mass is 278 g/mol. The molecule has 3 rings (SSSR count). The van der Waals surface area contributed by atoms with Crippen LogP contribution in [0.15, 0.2) is 30.3 Å². The minimum absolute atomic E-state index is 0.0588. The van der Waals surface area contributed by atoms with Crippen LogP contribution in [0.4, 0.5) is 4.39 Å². The third-order valence-corrected chi connectivity index (χ3v) is 4.41. The highest BCUT2D eigenvalue weighted by Crippen LogP contribution is 2.64. The van der Waals surface area contributed by atoms with Gasteiger partial charge in [-0.3, -0.25) is 0 Å². The van der Waals surface area contributed by atoms with Gasteiger partial charge in [0.1, 0.15) is 0 Å². The fourth-order valence-electron chi connectivity index (χ4n) is 3.30. The summed E-state index contributed by atoms with van der Waals surface area (Å²) >= 11 is 0. The Balaban J connectivity index is 1.49. The van der Waals surface area contributed by atoms with Crippen LogP contribution in [0.5, 0.6) is 0 Å². The molecule has 2 saturated carbocycles. The summed E-state index contributed by atoms with van der Waals surface area (Å²) in [6, 6.07) is 9.92. The van der Waals surface area contributed by atoms with Crippen molar-refractivity contribution < 1.29 is 18.7 Å². The quantitative estimate of drug-likeness (QED) is 0.777. The Morgan fingerprint density at radius 2 is 1.95 bits per heavy atom. The number of ether oxygens (including phenoxy) is 2. The number of fused-ring (bicyclic) bond motifs is 1. The Bertz CT molecular complexity index is 476. The normalized spacial score (nSPS) is 34.6. The molecule has 0 aliphatic heterocycles. The molecular formula is C16H19FO3. The van der Waals surface area contributed by atoms with E-state index in [-0.39, 0.29) is 24.5 Å². The third-order valence-electron chi connectivity index (χ3n) is 4.41. The fraction of sp³-hybridized carbons (Fsp3) is 0.562. The van der Waals surface area contributed by atoms with Crippen molar-refractivity contribution in [1.82, 2.24) is 0 Å². The summed E-state index contributed by atoms with van der Waals surface area (Å²) in [4.78, 5) is 11.6. The number of rotatable bonds is 5. The molecule has 2 aliphatic carbocycles. The van der Waals surface area contributed by atoms with Crippen LogP contribution in [-0.2, 0) is 20.9 Å². The molecule has 1 aromatic rings. The van der Waals surface area contributed by atoms with E-state index in [1.807, 2.05) is 30.3 Å². The zero-order chi connectivity index (χ0) is 14.2. The summed E-state index contributed by atoms with van der Waals surface area (Å²) in [5.41, 5.74) is -0.618. The van der Waals surface area contributed by atoms with Gasteiger partial charge in [0.25, 0.3) is 0 Å². The van der Waals surface area contributed by atoms with Crippen molar-refractivity contribution in [3.63, 3.8) is 0 Å². The number of carbonyl (C=O) groups is 1. The molecule has 2 aliphatic rings. The van der Waals surface area contributed by atoms with E-state index in [2.05, 4.69) is 0 Å². The Morgan fingerprint density at radius 1 is 1.30 bits per heavy atom. The number of esters is 1. The molecule has 0 heterocycles. The number of alkyl halides is 1. The zero-order valence-corrected chi connectivity index (χ0v) is 11.5. The smallest absolute Gasteiger partial charge is 0.344 e. The van der Waals surface area contributed by atoms with E-state index in [9.17, 15) is 9.18 Å². The maximum Gasteiger partial charge on any atom is 0.344 e. The largest absolute Gasteiger partial charge is 0.464 e. The second kappa shape index (κ2) is 5.17. The van der Waals surface area contributed by atoms with Crippen LogP contribution in [0, 0.1) is 11.8 Å². The van der Waals surface area contributed by atoms with Gasteiger partial charge < -0.3 is 9.47 Å². The van der Waals surface area contributed by atoms with E-state index in [0.29, 0.717) is 19.4 Å². The molecular weight excluding hydrogens is 259 g/mol. The van der Waals surface area contributed by atoms with Crippen LogP contribution in [0.3, 0.4) is 0 Å². The average Bonchev–Trinajstić information content (AvgIpc) is 2.86.